The molecule has 1 atom stereocenters. The van der Waals surface area contributed by atoms with Crippen LogP contribution in [0.5, 0.6) is 0 Å². The van der Waals surface area contributed by atoms with Gasteiger partial charge in [0.05, 0.1) is 18.0 Å². The normalized spacial score (nSPS) is 13.2. The average Bonchev–Trinajstić information content (AvgIpc) is 2.81. The minimum absolute atomic E-state index is 0.0726. The molecule has 1 unspecified atom stereocenters. The Morgan fingerprint density at radius 2 is 1.94 bits per heavy atom. The van der Waals surface area contributed by atoms with E-state index in [-0.39, 0.29) is 10.9 Å². The van der Waals surface area contributed by atoms with Gasteiger partial charge in [-0.1, -0.05) is 12.1 Å². The summed E-state index contributed by atoms with van der Waals surface area (Å²) in [6.45, 7) is 1.87. The summed E-state index contributed by atoms with van der Waals surface area (Å²) in [5.41, 5.74) is 0.462. The molecule has 3 N–H and O–H groups in total. The van der Waals surface area contributed by atoms with Crippen LogP contribution in [-0.4, -0.2) is 8.42 Å². The first-order valence-corrected chi connectivity index (χ1v) is 6.95. The van der Waals surface area contributed by atoms with Crippen LogP contribution in [0.4, 0.5) is 5.69 Å². The predicted octanol–water partition coefficient (Wildman–Crippen LogP) is 2.10. The van der Waals surface area contributed by atoms with E-state index in [4.69, 9.17) is 9.56 Å². The zero-order valence-corrected chi connectivity index (χ0v) is 10.6. The highest BCUT2D eigenvalue weighted by molar-refractivity contribution is 7.89. The second-order valence-corrected chi connectivity index (χ2v) is 5.45. The fraction of sp³-hybridized carbons (Fsp3) is 0.167. The number of hydrogen-bond acceptors (Lipinski definition) is 4. The van der Waals surface area contributed by atoms with Gasteiger partial charge in [0.15, 0.2) is 0 Å². The fourth-order valence-electron chi connectivity index (χ4n) is 1.68. The summed E-state index contributed by atoms with van der Waals surface area (Å²) in [5, 5.41) is 8.23. The summed E-state index contributed by atoms with van der Waals surface area (Å²) >= 11 is 0. The number of furan rings is 1. The number of nitrogens with one attached hydrogen (secondary N) is 1. The Morgan fingerprint density at radius 3 is 2.56 bits per heavy atom. The van der Waals surface area contributed by atoms with Crippen LogP contribution in [0.25, 0.3) is 0 Å². The largest absolute Gasteiger partial charge is 0.467 e. The van der Waals surface area contributed by atoms with Crippen molar-refractivity contribution in [2.75, 3.05) is 5.32 Å². The molecule has 0 aliphatic heterocycles. The molecule has 1 heterocycles. The van der Waals surface area contributed by atoms with Crippen LogP contribution in [-0.2, 0) is 10.0 Å². The Kier molecular flexibility index (Phi) is 3.40. The van der Waals surface area contributed by atoms with Gasteiger partial charge in [-0.2, -0.15) is 0 Å². The van der Waals surface area contributed by atoms with Crippen molar-refractivity contribution in [1.29, 1.82) is 0 Å². The van der Waals surface area contributed by atoms with Crippen molar-refractivity contribution >= 4 is 15.7 Å². The molecule has 0 aliphatic rings. The van der Waals surface area contributed by atoms with Crippen LogP contribution >= 0.6 is 0 Å². The van der Waals surface area contributed by atoms with Gasteiger partial charge in [-0.25, -0.2) is 13.6 Å². The fourth-order valence-corrected chi connectivity index (χ4v) is 2.38. The molecule has 0 bridgehead atoms. The zero-order chi connectivity index (χ0) is 13.2. The smallest absolute Gasteiger partial charge is 0.240 e. The van der Waals surface area contributed by atoms with Crippen molar-refractivity contribution in [3.8, 4) is 0 Å². The number of rotatable bonds is 4. The highest BCUT2D eigenvalue weighted by atomic mass is 32.2. The Hall–Kier alpha value is -1.79. The highest BCUT2D eigenvalue weighted by Gasteiger charge is 2.16. The van der Waals surface area contributed by atoms with Gasteiger partial charge in [0.2, 0.25) is 10.0 Å². The van der Waals surface area contributed by atoms with E-state index in [0.29, 0.717) is 5.69 Å². The summed E-state index contributed by atoms with van der Waals surface area (Å²) in [6, 6.07) is 9.94. The van der Waals surface area contributed by atoms with Gasteiger partial charge >= 0.3 is 0 Å². The van der Waals surface area contributed by atoms with Crippen molar-refractivity contribution in [2.45, 2.75) is 17.9 Å². The van der Waals surface area contributed by atoms with Crippen LogP contribution in [0.15, 0.2) is 52.0 Å². The number of para-hydroxylation sites is 1. The standard InChI is InChI=1S/C12H14N2O3S/c1-9(11-6-4-8-17-11)14-10-5-2-3-7-12(10)18(13,15)16/h2-9,14H,1H3,(H2,13,15,16). The molecule has 0 saturated carbocycles. The molecule has 5 nitrogen and oxygen atoms in total. The van der Waals surface area contributed by atoms with E-state index < -0.39 is 10.0 Å². The Balaban J connectivity index is 2.30. The van der Waals surface area contributed by atoms with Gasteiger partial charge in [-0.3, -0.25) is 0 Å². The van der Waals surface area contributed by atoms with Crippen molar-refractivity contribution in [3.63, 3.8) is 0 Å². The van der Waals surface area contributed by atoms with Gasteiger partial charge < -0.3 is 9.73 Å². The molecule has 0 fully saturated rings. The number of nitrogens with two attached hydrogens (primary N) is 1. The molecule has 2 rings (SSSR count). The molecule has 0 amide bonds. The van der Waals surface area contributed by atoms with E-state index in [2.05, 4.69) is 5.32 Å². The first-order chi connectivity index (χ1) is 8.48. The molecule has 18 heavy (non-hydrogen) atoms. The third kappa shape index (κ3) is 2.72. The lowest BCUT2D eigenvalue weighted by molar-refractivity contribution is 0.490. The molecule has 96 valence electrons. The minimum Gasteiger partial charge on any atom is -0.467 e. The quantitative estimate of drug-likeness (QED) is 0.887. The highest BCUT2D eigenvalue weighted by Crippen LogP contribution is 2.24. The molecule has 0 aliphatic carbocycles. The Bertz CT molecular complexity index is 621. The van der Waals surface area contributed by atoms with Crippen molar-refractivity contribution in [3.05, 3.63) is 48.4 Å². The maximum atomic E-state index is 11.4. The van der Waals surface area contributed by atoms with Crippen LogP contribution < -0.4 is 10.5 Å². The first-order valence-electron chi connectivity index (χ1n) is 5.40. The summed E-state index contributed by atoms with van der Waals surface area (Å²) in [6.07, 6.45) is 1.57. The van der Waals surface area contributed by atoms with Crippen molar-refractivity contribution in [1.82, 2.24) is 0 Å². The number of benzene rings is 1. The monoisotopic (exact) mass is 266 g/mol. The Morgan fingerprint density at radius 1 is 1.22 bits per heavy atom. The number of sulfonamides is 1. The number of primary sulfonamides is 1. The third-order valence-corrected chi connectivity index (χ3v) is 3.50. The van der Waals surface area contributed by atoms with Gasteiger partial charge in [-0.15, -0.1) is 0 Å². The predicted molar refractivity (Wildman–Crippen MR) is 68.6 cm³/mol. The van der Waals surface area contributed by atoms with Gasteiger partial charge in [0.25, 0.3) is 0 Å². The summed E-state index contributed by atoms with van der Waals surface area (Å²) in [5.74, 6) is 0.722. The lowest BCUT2D eigenvalue weighted by atomic mass is 10.2. The van der Waals surface area contributed by atoms with E-state index >= 15 is 0 Å². The van der Waals surface area contributed by atoms with Crippen LogP contribution in [0.1, 0.15) is 18.7 Å². The second kappa shape index (κ2) is 4.83. The van der Waals surface area contributed by atoms with E-state index in [1.54, 1.807) is 30.5 Å². The van der Waals surface area contributed by atoms with Crippen LogP contribution in [0.3, 0.4) is 0 Å². The van der Waals surface area contributed by atoms with Crippen molar-refractivity contribution < 1.29 is 12.8 Å². The third-order valence-electron chi connectivity index (χ3n) is 2.54. The molecular weight excluding hydrogens is 252 g/mol. The first kappa shape index (κ1) is 12.7. The molecule has 1 aromatic heterocycles. The van der Waals surface area contributed by atoms with E-state index in [9.17, 15) is 8.42 Å². The molecule has 0 radical (unpaired) electrons. The molecule has 2 aromatic rings. The van der Waals surface area contributed by atoms with Gasteiger partial charge in [0, 0.05) is 0 Å². The maximum Gasteiger partial charge on any atom is 0.240 e. The summed E-state index contributed by atoms with van der Waals surface area (Å²) in [7, 11) is -3.74. The Labute approximate surface area is 106 Å². The molecule has 1 aromatic carbocycles. The summed E-state index contributed by atoms with van der Waals surface area (Å²) in [4.78, 5) is 0.0726. The van der Waals surface area contributed by atoms with Gasteiger partial charge in [-0.05, 0) is 31.2 Å². The second-order valence-electron chi connectivity index (χ2n) is 3.92. The van der Waals surface area contributed by atoms with Crippen LogP contribution in [0.2, 0.25) is 0 Å². The zero-order valence-electron chi connectivity index (χ0n) is 9.83. The molecule has 0 spiro atoms. The topological polar surface area (TPSA) is 85.3 Å². The number of anilines is 1. The van der Waals surface area contributed by atoms with Crippen LogP contribution in [0, 0.1) is 0 Å². The van der Waals surface area contributed by atoms with Crippen molar-refractivity contribution in [2.24, 2.45) is 5.14 Å². The lowest BCUT2D eigenvalue weighted by Gasteiger charge is -2.15. The lowest BCUT2D eigenvalue weighted by Crippen LogP contribution is -2.16. The van der Waals surface area contributed by atoms with E-state index in [1.807, 2.05) is 13.0 Å². The average molecular weight is 266 g/mol. The SMILES string of the molecule is CC(Nc1ccccc1S(N)(=O)=O)c1ccco1. The number of hydrogen-bond donors (Lipinski definition) is 2. The van der Waals surface area contributed by atoms with E-state index in [1.165, 1.54) is 6.07 Å². The molecular formula is C12H14N2O3S. The van der Waals surface area contributed by atoms with E-state index in [0.717, 1.165) is 5.76 Å². The summed E-state index contributed by atoms with van der Waals surface area (Å²) < 4.78 is 28.1. The maximum absolute atomic E-state index is 11.4. The van der Waals surface area contributed by atoms with Gasteiger partial charge in [0.1, 0.15) is 10.7 Å². The molecule has 6 heteroatoms. The molecule has 0 saturated heterocycles. The minimum atomic E-state index is -3.74.